The van der Waals surface area contributed by atoms with E-state index >= 15 is 0 Å². The Labute approximate surface area is 154 Å². The van der Waals surface area contributed by atoms with Crippen LogP contribution in [0.5, 0.6) is 0 Å². The highest BCUT2D eigenvalue weighted by Crippen LogP contribution is 2.21. The monoisotopic (exact) mass is 418 g/mol. The van der Waals surface area contributed by atoms with Gasteiger partial charge in [0.05, 0.1) is 6.61 Å². The molecule has 0 amide bonds. The van der Waals surface area contributed by atoms with Gasteiger partial charge in [-0.2, -0.15) is 0 Å². The van der Waals surface area contributed by atoms with Crippen LogP contribution in [0, 0.1) is 0 Å². The summed E-state index contributed by atoms with van der Waals surface area (Å²) in [5.41, 5.74) is 0.664. The quantitative estimate of drug-likeness (QED) is 0.354. The van der Waals surface area contributed by atoms with Crippen LogP contribution in [0.15, 0.2) is 28.7 Å². The van der Waals surface area contributed by atoms with E-state index < -0.39 is 0 Å². The van der Waals surface area contributed by atoms with Crippen LogP contribution in [0.25, 0.3) is 0 Å². The highest BCUT2D eigenvalue weighted by Gasteiger charge is 2.17. The predicted octanol–water partition coefficient (Wildman–Crippen LogP) is 4.40. The number of esters is 1. The summed E-state index contributed by atoms with van der Waals surface area (Å²) >= 11 is 9.77. The molecule has 1 rings (SSSR count). The Morgan fingerprint density at radius 2 is 1.91 bits per heavy atom. The van der Waals surface area contributed by atoms with Crippen molar-refractivity contribution in [2.24, 2.45) is 0 Å². The maximum Gasteiger partial charge on any atom is 0.302 e. The second kappa shape index (κ2) is 10.8. The van der Waals surface area contributed by atoms with Crippen molar-refractivity contribution in [3.63, 3.8) is 0 Å². The number of benzene rings is 1. The zero-order chi connectivity index (χ0) is 17.2. The number of carbonyl (C=O) groups is 2. The Balaban J connectivity index is 2.57. The van der Waals surface area contributed by atoms with E-state index in [0.29, 0.717) is 29.4 Å². The van der Waals surface area contributed by atoms with Crippen molar-refractivity contribution >= 4 is 56.0 Å². The summed E-state index contributed by atoms with van der Waals surface area (Å²) in [5, 5.41) is -0.0997. The number of ketones is 1. The summed E-state index contributed by atoms with van der Waals surface area (Å²) in [4.78, 5) is 23.2. The topological polar surface area (TPSA) is 52.6 Å². The van der Waals surface area contributed by atoms with Crippen molar-refractivity contribution in [3.8, 4) is 0 Å². The molecule has 0 aliphatic rings. The predicted molar refractivity (Wildman–Crippen MR) is 99.9 cm³/mol. The van der Waals surface area contributed by atoms with Crippen molar-refractivity contribution in [2.75, 3.05) is 13.2 Å². The molecule has 0 aliphatic carbocycles. The van der Waals surface area contributed by atoms with Crippen molar-refractivity contribution in [2.45, 2.75) is 31.9 Å². The highest BCUT2D eigenvalue weighted by molar-refractivity contribution is 9.10. The summed E-state index contributed by atoms with van der Waals surface area (Å²) < 4.78 is 11.6. The molecule has 1 aromatic carbocycles. The van der Waals surface area contributed by atoms with Gasteiger partial charge < -0.3 is 9.47 Å². The van der Waals surface area contributed by atoms with Gasteiger partial charge in [-0.25, -0.2) is 0 Å². The number of rotatable bonds is 8. The summed E-state index contributed by atoms with van der Waals surface area (Å²) in [5.74, 6) is -0.301. The van der Waals surface area contributed by atoms with E-state index in [-0.39, 0.29) is 23.6 Å². The van der Waals surface area contributed by atoms with E-state index in [4.69, 9.17) is 21.7 Å². The second-order valence-electron chi connectivity index (χ2n) is 4.69. The molecule has 1 aromatic rings. The third-order valence-electron chi connectivity index (χ3n) is 2.86. The third-order valence-corrected chi connectivity index (χ3v) is 4.81. The summed E-state index contributed by atoms with van der Waals surface area (Å²) in [7, 11) is 0. The number of Topliss-reactive ketones (excluding diaryl/α,β-unsaturated/α-hetero) is 1. The number of carbonyl (C=O) groups excluding carboxylic acids is 2. The minimum atomic E-state index is -0.350. The lowest BCUT2D eigenvalue weighted by atomic mass is 10.1. The number of ether oxygens (including phenoxy) is 2. The van der Waals surface area contributed by atoms with Gasteiger partial charge in [0.2, 0.25) is 4.38 Å². The Hall–Kier alpha value is -0.920. The Kier molecular flexibility index (Phi) is 9.43. The molecule has 7 heteroatoms. The first-order valence-corrected chi connectivity index (χ1v) is 9.26. The molecule has 0 bridgehead atoms. The molecule has 0 saturated carbocycles. The van der Waals surface area contributed by atoms with Gasteiger partial charge in [-0.1, -0.05) is 39.8 Å². The minimum absolute atomic E-state index is 0.0493. The fourth-order valence-electron chi connectivity index (χ4n) is 1.75. The maximum atomic E-state index is 12.2. The zero-order valence-electron chi connectivity index (χ0n) is 13.0. The van der Waals surface area contributed by atoms with Crippen LogP contribution in [0.1, 0.15) is 37.0 Å². The standard InChI is InChI=1S/C16H19BrO4S2/c1-3-20-16(22)23-14(10-21-11(2)18)8-9-15(19)12-4-6-13(17)7-5-12/h4-7,14H,3,8-10H2,1-2H3. The fraction of sp³-hybridized carbons (Fsp3) is 0.438. The molecule has 0 radical (unpaired) electrons. The van der Waals surface area contributed by atoms with Gasteiger partial charge >= 0.3 is 5.97 Å². The minimum Gasteiger partial charge on any atom is -0.479 e. The second-order valence-corrected chi connectivity index (χ2v) is 7.51. The van der Waals surface area contributed by atoms with Crippen molar-refractivity contribution in [1.82, 2.24) is 0 Å². The zero-order valence-corrected chi connectivity index (χ0v) is 16.3. The lowest BCUT2D eigenvalue weighted by molar-refractivity contribution is -0.140. The summed E-state index contributed by atoms with van der Waals surface area (Å²) in [6.07, 6.45) is 0.912. The molecule has 1 atom stereocenters. The molecule has 0 aromatic heterocycles. The van der Waals surface area contributed by atoms with E-state index in [1.165, 1.54) is 18.7 Å². The number of halogens is 1. The van der Waals surface area contributed by atoms with Crippen LogP contribution >= 0.6 is 39.9 Å². The van der Waals surface area contributed by atoms with Crippen LogP contribution in [0.3, 0.4) is 0 Å². The number of thiocarbonyl (C=S) groups is 1. The van der Waals surface area contributed by atoms with E-state index in [0.717, 1.165) is 4.47 Å². The lowest BCUT2D eigenvalue weighted by Crippen LogP contribution is -2.18. The molecule has 0 N–H and O–H groups in total. The molecule has 4 nitrogen and oxygen atoms in total. The SMILES string of the molecule is CCOC(=S)SC(CCC(=O)c1ccc(Br)cc1)COC(C)=O. The highest BCUT2D eigenvalue weighted by atomic mass is 79.9. The van der Waals surface area contributed by atoms with Crippen LogP contribution in [-0.4, -0.2) is 34.6 Å². The fourth-order valence-corrected chi connectivity index (χ4v) is 3.37. The number of hydrogen-bond donors (Lipinski definition) is 0. The molecule has 0 spiro atoms. The number of thioether (sulfide) groups is 1. The Bertz CT molecular complexity index is 546. The smallest absolute Gasteiger partial charge is 0.302 e. The molecule has 0 saturated heterocycles. The summed E-state index contributed by atoms with van der Waals surface area (Å²) in [6, 6.07) is 7.24. The largest absolute Gasteiger partial charge is 0.479 e. The molecule has 0 fully saturated rings. The van der Waals surface area contributed by atoms with Gasteiger partial charge in [0.1, 0.15) is 6.61 Å². The van der Waals surface area contributed by atoms with Crippen LogP contribution in [-0.2, 0) is 14.3 Å². The van der Waals surface area contributed by atoms with Crippen LogP contribution < -0.4 is 0 Å². The van der Waals surface area contributed by atoms with Gasteiger partial charge in [-0.3, -0.25) is 9.59 Å². The van der Waals surface area contributed by atoms with Crippen molar-refractivity contribution in [1.29, 1.82) is 0 Å². The normalized spacial score (nSPS) is 11.6. The first-order valence-electron chi connectivity index (χ1n) is 7.18. The Morgan fingerprint density at radius 1 is 1.26 bits per heavy atom. The maximum absolute atomic E-state index is 12.2. The molecular weight excluding hydrogens is 400 g/mol. The van der Waals surface area contributed by atoms with E-state index in [2.05, 4.69) is 15.9 Å². The average molecular weight is 419 g/mol. The number of hydrogen-bond acceptors (Lipinski definition) is 6. The van der Waals surface area contributed by atoms with Crippen LogP contribution in [0.4, 0.5) is 0 Å². The third kappa shape index (κ3) is 8.48. The first-order chi connectivity index (χ1) is 10.9. The van der Waals surface area contributed by atoms with Crippen LogP contribution in [0.2, 0.25) is 0 Å². The molecule has 126 valence electrons. The first kappa shape index (κ1) is 20.1. The van der Waals surface area contributed by atoms with Crippen molar-refractivity contribution in [3.05, 3.63) is 34.3 Å². The summed E-state index contributed by atoms with van der Waals surface area (Å²) in [6.45, 7) is 3.91. The van der Waals surface area contributed by atoms with Gasteiger partial charge in [0.15, 0.2) is 5.78 Å². The molecule has 1 unspecified atom stereocenters. The van der Waals surface area contributed by atoms with Gasteiger partial charge in [-0.15, -0.1) is 0 Å². The molecule has 23 heavy (non-hydrogen) atoms. The lowest BCUT2D eigenvalue weighted by Gasteiger charge is -2.16. The average Bonchev–Trinajstić information content (AvgIpc) is 2.50. The van der Waals surface area contributed by atoms with Gasteiger partial charge in [0.25, 0.3) is 0 Å². The van der Waals surface area contributed by atoms with E-state index in [1.807, 2.05) is 19.1 Å². The van der Waals surface area contributed by atoms with E-state index in [1.54, 1.807) is 12.1 Å². The van der Waals surface area contributed by atoms with Crippen molar-refractivity contribution < 1.29 is 19.1 Å². The van der Waals surface area contributed by atoms with E-state index in [9.17, 15) is 9.59 Å². The van der Waals surface area contributed by atoms with Gasteiger partial charge in [-0.05, 0) is 37.7 Å². The molecule has 0 heterocycles. The van der Waals surface area contributed by atoms with Gasteiger partial charge in [0, 0.05) is 28.6 Å². The molecular formula is C16H19BrO4S2. The Morgan fingerprint density at radius 3 is 2.48 bits per heavy atom. The molecule has 0 aliphatic heterocycles.